The van der Waals surface area contributed by atoms with E-state index in [4.69, 9.17) is 0 Å². The summed E-state index contributed by atoms with van der Waals surface area (Å²) in [6.07, 6.45) is 11.6. The summed E-state index contributed by atoms with van der Waals surface area (Å²) in [4.78, 5) is 2.69. The molecule has 2 aliphatic rings. The predicted molar refractivity (Wildman–Crippen MR) is 74.4 cm³/mol. The summed E-state index contributed by atoms with van der Waals surface area (Å²) in [5.74, 6) is 0. The van der Waals surface area contributed by atoms with E-state index in [1.54, 1.807) is 0 Å². The van der Waals surface area contributed by atoms with Crippen LogP contribution in [-0.2, 0) is 0 Å². The van der Waals surface area contributed by atoms with Gasteiger partial charge in [-0.15, -0.1) is 0 Å². The Morgan fingerprint density at radius 1 is 1.00 bits per heavy atom. The van der Waals surface area contributed by atoms with Crippen molar-refractivity contribution in [1.29, 1.82) is 0 Å². The summed E-state index contributed by atoms with van der Waals surface area (Å²) < 4.78 is 0. The topological polar surface area (TPSA) is 15.3 Å². The molecule has 0 bridgehead atoms. The second kappa shape index (κ2) is 6.75. The second-order valence-electron chi connectivity index (χ2n) is 6.15. The van der Waals surface area contributed by atoms with Crippen molar-refractivity contribution in [2.24, 2.45) is 5.41 Å². The molecule has 1 N–H and O–H groups in total. The van der Waals surface area contributed by atoms with Crippen LogP contribution in [0, 0.1) is 5.41 Å². The molecule has 0 radical (unpaired) electrons. The van der Waals surface area contributed by atoms with Crippen LogP contribution in [0.5, 0.6) is 0 Å². The van der Waals surface area contributed by atoms with E-state index >= 15 is 0 Å². The lowest BCUT2D eigenvalue weighted by molar-refractivity contribution is 0.108. The Balaban J connectivity index is 1.56. The Kier molecular flexibility index (Phi) is 5.30. The zero-order valence-corrected chi connectivity index (χ0v) is 11.6. The highest BCUT2D eigenvalue weighted by Crippen LogP contribution is 2.45. The van der Waals surface area contributed by atoms with Crippen molar-refractivity contribution < 1.29 is 0 Å². The molecule has 1 aliphatic carbocycles. The van der Waals surface area contributed by atoms with Crippen LogP contribution in [0.25, 0.3) is 0 Å². The average Bonchev–Trinajstić information content (AvgIpc) is 2.80. The molecule has 0 unspecified atom stereocenters. The molecule has 2 nitrogen and oxygen atoms in total. The van der Waals surface area contributed by atoms with E-state index in [1.165, 1.54) is 84.1 Å². The molecule has 0 atom stereocenters. The lowest BCUT2D eigenvalue weighted by Gasteiger charge is -2.39. The number of likely N-dealkylation sites (tertiary alicyclic amines) is 1. The first-order valence-electron chi connectivity index (χ1n) is 7.78. The van der Waals surface area contributed by atoms with Crippen LogP contribution in [0.15, 0.2) is 0 Å². The van der Waals surface area contributed by atoms with Gasteiger partial charge in [0, 0.05) is 0 Å². The Morgan fingerprint density at radius 2 is 1.71 bits per heavy atom. The average molecular weight is 238 g/mol. The summed E-state index contributed by atoms with van der Waals surface area (Å²) in [7, 11) is 0. The van der Waals surface area contributed by atoms with Crippen LogP contribution >= 0.6 is 0 Å². The number of hydrogen-bond donors (Lipinski definition) is 1. The zero-order chi connectivity index (χ0) is 12.0. The van der Waals surface area contributed by atoms with Crippen LogP contribution in [0.1, 0.15) is 58.3 Å². The molecule has 17 heavy (non-hydrogen) atoms. The van der Waals surface area contributed by atoms with Crippen molar-refractivity contribution in [1.82, 2.24) is 10.2 Å². The van der Waals surface area contributed by atoms with Crippen LogP contribution in [0.2, 0.25) is 0 Å². The van der Waals surface area contributed by atoms with Gasteiger partial charge in [0.1, 0.15) is 0 Å². The highest BCUT2D eigenvalue weighted by Gasteiger charge is 2.36. The third-order valence-corrected chi connectivity index (χ3v) is 4.84. The SMILES string of the molecule is CCCNCCCN1CCC2(CCCC2)CC1. The van der Waals surface area contributed by atoms with E-state index in [1.807, 2.05) is 0 Å². The van der Waals surface area contributed by atoms with E-state index in [0.29, 0.717) is 0 Å². The number of nitrogens with zero attached hydrogens (tertiary/aromatic N) is 1. The van der Waals surface area contributed by atoms with E-state index < -0.39 is 0 Å². The molecule has 1 saturated carbocycles. The maximum Gasteiger partial charge on any atom is -0.000663 e. The molecule has 0 aromatic carbocycles. The van der Waals surface area contributed by atoms with Gasteiger partial charge in [0.15, 0.2) is 0 Å². The van der Waals surface area contributed by atoms with Crippen LogP contribution in [0.3, 0.4) is 0 Å². The molecule has 1 saturated heterocycles. The van der Waals surface area contributed by atoms with Gasteiger partial charge in [0.05, 0.1) is 0 Å². The van der Waals surface area contributed by atoms with Crippen molar-refractivity contribution in [2.75, 3.05) is 32.7 Å². The molecule has 0 amide bonds. The maximum atomic E-state index is 3.50. The first kappa shape index (κ1) is 13.4. The molecule has 100 valence electrons. The Hall–Kier alpha value is -0.0800. The minimum absolute atomic E-state index is 0.789. The highest BCUT2D eigenvalue weighted by atomic mass is 15.1. The van der Waals surface area contributed by atoms with Gasteiger partial charge >= 0.3 is 0 Å². The smallest absolute Gasteiger partial charge is 0.000663 e. The molecule has 1 aliphatic heterocycles. The molecular formula is C15H30N2. The summed E-state index contributed by atoms with van der Waals surface area (Å²) in [6.45, 7) is 8.67. The zero-order valence-electron chi connectivity index (χ0n) is 11.6. The summed E-state index contributed by atoms with van der Waals surface area (Å²) in [5.41, 5.74) is 0.789. The Morgan fingerprint density at radius 3 is 2.35 bits per heavy atom. The lowest BCUT2D eigenvalue weighted by atomic mass is 9.77. The quantitative estimate of drug-likeness (QED) is 0.716. The fourth-order valence-electron chi connectivity index (χ4n) is 3.61. The number of piperidine rings is 1. The molecule has 0 aromatic rings. The van der Waals surface area contributed by atoms with Crippen molar-refractivity contribution in [2.45, 2.75) is 58.3 Å². The minimum atomic E-state index is 0.789. The van der Waals surface area contributed by atoms with E-state index in [2.05, 4.69) is 17.1 Å². The maximum absolute atomic E-state index is 3.50. The molecule has 1 spiro atoms. The summed E-state index contributed by atoms with van der Waals surface area (Å²) >= 11 is 0. The number of hydrogen-bond acceptors (Lipinski definition) is 2. The Labute approximate surface area is 107 Å². The van der Waals surface area contributed by atoms with Gasteiger partial charge < -0.3 is 10.2 Å². The van der Waals surface area contributed by atoms with E-state index in [-0.39, 0.29) is 0 Å². The fraction of sp³-hybridized carbons (Fsp3) is 1.00. The largest absolute Gasteiger partial charge is 0.317 e. The Bertz CT molecular complexity index is 199. The van der Waals surface area contributed by atoms with Crippen molar-refractivity contribution >= 4 is 0 Å². The second-order valence-corrected chi connectivity index (χ2v) is 6.15. The van der Waals surface area contributed by atoms with Gasteiger partial charge in [-0.2, -0.15) is 0 Å². The van der Waals surface area contributed by atoms with Gasteiger partial charge in [-0.3, -0.25) is 0 Å². The lowest BCUT2D eigenvalue weighted by Crippen LogP contribution is -2.39. The highest BCUT2D eigenvalue weighted by molar-refractivity contribution is 4.89. The van der Waals surface area contributed by atoms with E-state index in [9.17, 15) is 0 Å². The number of rotatable bonds is 6. The van der Waals surface area contributed by atoms with Gasteiger partial charge in [0.2, 0.25) is 0 Å². The van der Waals surface area contributed by atoms with Crippen molar-refractivity contribution in [3.05, 3.63) is 0 Å². The molecule has 2 fully saturated rings. The van der Waals surface area contributed by atoms with Crippen LogP contribution < -0.4 is 5.32 Å². The monoisotopic (exact) mass is 238 g/mol. The fourth-order valence-corrected chi connectivity index (χ4v) is 3.61. The minimum Gasteiger partial charge on any atom is -0.317 e. The van der Waals surface area contributed by atoms with Crippen molar-refractivity contribution in [3.8, 4) is 0 Å². The van der Waals surface area contributed by atoms with Gasteiger partial charge in [-0.25, -0.2) is 0 Å². The first-order chi connectivity index (χ1) is 8.35. The van der Waals surface area contributed by atoms with Gasteiger partial charge in [-0.1, -0.05) is 19.8 Å². The third kappa shape index (κ3) is 3.96. The molecule has 1 heterocycles. The normalized spacial score (nSPS) is 24.5. The summed E-state index contributed by atoms with van der Waals surface area (Å²) in [6, 6.07) is 0. The molecule has 0 aromatic heterocycles. The van der Waals surface area contributed by atoms with Gasteiger partial charge in [0.25, 0.3) is 0 Å². The third-order valence-electron chi connectivity index (χ3n) is 4.84. The number of nitrogens with one attached hydrogen (secondary N) is 1. The molecule has 2 heteroatoms. The van der Waals surface area contributed by atoms with Crippen LogP contribution in [-0.4, -0.2) is 37.6 Å². The first-order valence-corrected chi connectivity index (χ1v) is 7.78. The molecule has 2 rings (SSSR count). The standard InChI is InChI=1S/C15H30N2/c1-2-10-16-11-5-12-17-13-8-15(9-14-17)6-3-4-7-15/h16H,2-14H2,1H3. The van der Waals surface area contributed by atoms with E-state index in [0.717, 1.165) is 5.41 Å². The van der Waals surface area contributed by atoms with Crippen LogP contribution in [0.4, 0.5) is 0 Å². The van der Waals surface area contributed by atoms with Crippen molar-refractivity contribution in [3.63, 3.8) is 0 Å². The molecular weight excluding hydrogens is 208 g/mol. The summed E-state index contributed by atoms with van der Waals surface area (Å²) in [5, 5.41) is 3.50. The van der Waals surface area contributed by atoms with Gasteiger partial charge in [-0.05, 0) is 76.7 Å². The predicted octanol–water partition coefficient (Wildman–Crippen LogP) is 3.03.